The van der Waals surface area contributed by atoms with E-state index in [9.17, 15) is 0 Å². The fourth-order valence-electron chi connectivity index (χ4n) is 1.97. The molecular weight excluding hydrogens is 237 g/mol. The van der Waals surface area contributed by atoms with Gasteiger partial charge in [-0.2, -0.15) is 0 Å². The molecule has 0 radical (unpaired) electrons. The Bertz CT molecular complexity index is 481. The van der Waals surface area contributed by atoms with Gasteiger partial charge in [-0.3, -0.25) is 0 Å². The molecule has 0 aliphatic rings. The molecule has 0 amide bonds. The van der Waals surface area contributed by atoms with Crippen molar-refractivity contribution in [2.24, 2.45) is 0 Å². The van der Waals surface area contributed by atoms with Crippen LogP contribution in [-0.2, 0) is 13.0 Å². The van der Waals surface area contributed by atoms with Crippen LogP contribution in [0.1, 0.15) is 29.4 Å². The van der Waals surface area contributed by atoms with Gasteiger partial charge in [0.15, 0.2) is 0 Å². The van der Waals surface area contributed by atoms with Gasteiger partial charge in [-0.15, -0.1) is 9.24 Å². The van der Waals surface area contributed by atoms with E-state index in [4.69, 9.17) is 0 Å². The Morgan fingerprint density at radius 3 is 2.44 bits per heavy atom. The number of benzene rings is 2. The first-order chi connectivity index (χ1) is 8.79. The number of hydrogen-bond donors (Lipinski definition) is 1. The number of hydrogen-bond acceptors (Lipinski definition) is 1. The molecule has 94 valence electrons. The molecule has 0 fully saturated rings. The lowest BCUT2D eigenvalue weighted by Gasteiger charge is -2.14. The molecule has 0 bridgehead atoms. The molecular formula is C16H20NP. The minimum atomic E-state index is 0.302. The van der Waals surface area contributed by atoms with Crippen LogP contribution in [0.15, 0.2) is 54.6 Å². The largest absolute Gasteiger partial charge is 0.303 e. The SMILES string of the molecule is CCc1cccc(CNC(P)c2ccccc2)c1. The Balaban J connectivity index is 1.95. The molecule has 0 heterocycles. The molecule has 2 unspecified atom stereocenters. The second-order valence-corrected chi connectivity index (χ2v) is 5.11. The van der Waals surface area contributed by atoms with Crippen molar-refractivity contribution in [1.82, 2.24) is 5.32 Å². The van der Waals surface area contributed by atoms with Crippen LogP contribution in [0.2, 0.25) is 0 Å². The summed E-state index contributed by atoms with van der Waals surface area (Å²) < 4.78 is 0. The van der Waals surface area contributed by atoms with Crippen molar-refractivity contribution in [3.05, 3.63) is 71.3 Å². The fourth-order valence-corrected chi connectivity index (χ4v) is 2.31. The summed E-state index contributed by atoms with van der Waals surface area (Å²) in [4.78, 5) is 0. The third kappa shape index (κ3) is 3.66. The smallest absolute Gasteiger partial charge is 0.0466 e. The van der Waals surface area contributed by atoms with Crippen molar-refractivity contribution in [2.75, 3.05) is 0 Å². The van der Waals surface area contributed by atoms with Gasteiger partial charge in [0.1, 0.15) is 0 Å². The lowest BCUT2D eigenvalue weighted by Crippen LogP contribution is -2.15. The average molecular weight is 257 g/mol. The fraction of sp³-hybridized carbons (Fsp3) is 0.250. The van der Waals surface area contributed by atoms with Gasteiger partial charge < -0.3 is 5.32 Å². The molecule has 2 aromatic carbocycles. The van der Waals surface area contributed by atoms with Gasteiger partial charge in [0.25, 0.3) is 0 Å². The zero-order valence-corrected chi connectivity index (χ0v) is 11.9. The van der Waals surface area contributed by atoms with Gasteiger partial charge in [0.05, 0.1) is 0 Å². The van der Waals surface area contributed by atoms with E-state index < -0.39 is 0 Å². The van der Waals surface area contributed by atoms with Crippen molar-refractivity contribution in [1.29, 1.82) is 0 Å². The van der Waals surface area contributed by atoms with E-state index in [0.717, 1.165) is 13.0 Å². The average Bonchev–Trinajstić information content (AvgIpc) is 2.46. The Morgan fingerprint density at radius 1 is 1.00 bits per heavy atom. The zero-order valence-electron chi connectivity index (χ0n) is 10.8. The summed E-state index contributed by atoms with van der Waals surface area (Å²) in [5, 5.41) is 3.53. The summed E-state index contributed by atoms with van der Waals surface area (Å²) in [6, 6.07) is 19.3. The normalized spacial score (nSPS) is 12.3. The van der Waals surface area contributed by atoms with E-state index in [-0.39, 0.29) is 0 Å². The maximum atomic E-state index is 3.53. The maximum Gasteiger partial charge on any atom is 0.0466 e. The van der Waals surface area contributed by atoms with Crippen molar-refractivity contribution in [2.45, 2.75) is 25.7 Å². The molecule has 0 aliphatic carbocycles. The van der Waals surface area contributed by atoms with Crippen LogP contribution in [0.4, 0.5) is 0 Å². The van der Waals surface area contributed by atoms with Gasteiger partial charge in [0, 0.05) is 12.3 Å². The number of rotatable bonds is 5. The molecule has 0 aliphatic heterocycles. The molecule has 2 atom stereocenters. The summed E-state index contributed by atoms with van der Waals surface area (Å²) in [6.45, 7) is 3.09. The van der Waals surface area contributed by atoms with Crippen LogP contribution in [0.25, 0.3) is 0 Å². The summed E-state index contributed by atoms with van der Waals surface area (Å²) in [6.07, 6.45) is 1.09. The number of nitrogens with one attached hydrogen (secondary N) is 1. The Morgan fingerprint density at radius 2 is 1.72 bits per heavy atom. The molecule has 2 heteroatoms. The van der Waals surface area contributed by atoms with Crippen LogP contribution in [0, 0.1) is 0 Å². The lowest BCUT2D eigenvalue weighted by molar-refractivity contribution is 0.677. The lowest BCUT2D eigenvalue weighted by atomic mass is 10.1. The maximum absolute atomic E-state index is 3.53. The highest BCUT2D eigenvalue weighted by Crippen LogP contribution is 2.19. The summed E-state index contributed by atoms with van der Waals surface area (Å²) in [5.74, 6) is 0.302. The monoisotopic (exact) mass is 257 g/mol. The topological polar surface area (TPSA) is 12.0 Å². The second kappa shape index (κ2) is 6.68. The third-order valence-electron chi connectivity index (χ3n) is 3.08. The Labute approximate surface area is 112 Å². The van der Waals surface area contributed by atoms with Crippen LogP contribution >= 0.6 is 9.24 Å². The number of aryl methyl sites for hydroxylation is 1. The third-order valence-corrected chi connectivity index (χ3v) is 3.71. The van der Waals surface area contributed by atoms with E-state index in [2.05, 4.69) is 70.0 Å². The second-order valence-electron chi connectivity index (χ2n) is 4.44. The van der Waals surface area contributed by atoms with Crippen molar-refractivity contribution in [3.63, 3.8) is 0 Å². The molecule has 1 N–H and O–H groups in total. The van der Waals surface area contributed by atoms with E-state index in [1.165, 1.54) is 16.7 Å². The van der Waals surface area contributed by atoms with Gasteiger partial charge in [-0.1, -0.05) is 61.5 Å². The van der Waals surface area contributed by atoms with Gasteiger partial charge in [-0.05, 0) is 23.1 Å². The van der Waals surface area contributed by atoms with Crippen molar-refractivity contribution < 1.29 is 0 Å². The Kier molecular flexibility index (Phi) is 4.92. The molecule has 2 rings (SSSR count). The highest BCUT2D eigenvalue weighted by molar-refractivity contribution is 7.17. The van der Waals surface area contributed by atoms with Gasteiger partial charge in [0.2, 0.25) is 0 Å². The molecule has 0 aromatic heterocycles. The highest BCUT2D eigenvalue weighted by Gasteiger charge is 2.03. The van der Waals surface area contributed by atoms with Crippen LogP contribution in [0.5, 0.6) is 0 Å². The molecule has 0 saturated carbocycles. The summed E-state index contributed by atoms with van der Waals surface area (Å²) in [5.41, 5.74) is 4.04. The summed E-state index contributed by atoms with van der Waals surface area (Å²) in [7, 11) is 2.86. The predicted octanol–water partition coefficient (Wildman–Crippen LogP) is 3.91. The minimum Gasteiger partial charge on any atom is -0.303 e. The molecule has 1 nitrogen and oxygen atoms in total. The standard InChI is InChI=1S/C16H20NP/c1-2-13-7-6-8-14(11-13)12-17-16(18)15-9-4-3-5-10-15/h3-11,16-17H,2,12,18H2,1H3. The highest BCUT2D eigenvalue weighted by atomic mass is 31.0. The van der Waals surface area contributed by atoms with Gasteiger partial charge >= 0.3 is 0 Å². The zero-order chi connectivity index (χ0) is 12.8. The van der Waals surface area contributed by atoms with E-state index in [1.807, 2.05) is 6.07 Å². The van der Waals surface area contributed by atoms with E-state index in [0.29, 0.717) is 5.78 Å². The van der Waals surface area contributed by atoms with E-state index >= 15 is 0 Å². The first-order valence-electron chi connectivity index (χ1n) is 6.41. The van der Waals surface area contributed by atoms with Gasteiger partial charge in [-0.25, -0.2) is 0 Å². The molecule has 0 saturated heterocycles. The van der Waals surface area contributed by atoms with Crippen molar-refractivity contribution in [3.8, 4) is 0 Å². The predicted molar refractivity (Wildman–Crippen MR) is 81.6 cm³/mol. The molecule has 0 spiro atoms. The quantitative estimate of drug-likeness (QED) is 0.801. The van der Waals surface area contributed by atoms with Crippen LogP contribution < -0.4 is 5.32 Å². The summed E-state index contributed by atoms with van der Waals surface area (Å²) >= 11 is 0. The first-order valence-corrected chi connectivity index (χ1v) is 7.08. The first kappa shape index (κ1) is 13.3. The van der Waals surface area contributed by atoms with E-state index in [1.54, 1.807) is 0 Å². The Hall–Kier alpha value is -1.17. The molecule has 2 aromatic rings. The van der Waals surface area contributed by atoms with Crippen LogP contribution in [-0.4, -0.2) is 0 Å². The van der Waals surface area contributed by atoms with Crippen molar-refractivity contribution >= 4 is 9.24 Å². The minimum absolute atomic E-state index is 0.302. The van der Waals surface area contributed by atoms with Crippen LogP contribution in [0.3, 0.4) is 0 Å². The molecule has 18 heavy (non-hydrogen) atoms.